The molecule has 0 amide bonds. The van der Waals surface area contributed by atoms with Crippen LogP contribution in [-0.2, 0) is 14.3 Å². The van der Waals surface area contributed by atoms with Crippen molar-refractivity contribution >= 4 is 11.8 Å². The maximum atomic E-state index is 11.6. The van der Waals surface area contributed by atoms with Crippen LogP contribution in [0.15, 0.2) is 0 Å². The Bertz CT molecular complexity index is 264. The molecule has 0 aromatic heterocycles. The van der Waals surface area contributed by atoms with Crippen LogP contribution in [0.4, 0.5) is 0 Å². The number of hydrogen-bond acceptors (Lipinski definition) is 4. The highest BCUT2D eigenvalue weighted by molar-refractivity contribution is 5.78. The summed E-state index contributed by atoms with van der Waals surface area (Å²) in [5, 5.41) is 8.65. The molecule has 4 heteroatoms. The summed E-state index contributed by atoms with van der Waals surface area (Å²) < 4.78 is 4.58. The van der Waals surface area contributed by atoms with Crippen LogP contribution in [0.25, 0.3) is 0 Å². The topological polar surface area (TPSA) is 63.6 Å². The highest BCUT2D eigenvalue weighted by Gasteiger charge is 2.02. The number of unbranched alkanes of at least 4 members (excludes halogenated alkanes) is 8. The van der Waals surface area contributed by atoms with Crippen molar-refractivity contribution in [3.05, 3.63) is 0 Å². The average molecular weight is 300 g/mol. The first-order valence-electron chi connectivity index (χ1n) is 8.40. The molecule has 124 valence electrons. The number of carbonyl (C=O) groups is 2. The van der Waals surface area contributed by atoms with E-state index in [2.05, 4.69) is 4.74 Å². The SMILES string of the molecule is COC(=O)CCCCCCCC(=O)CCCCCCCO. The molecule has 0 aliphatic carbocycles. The van der Waals surface area contributed by atoms with Gasteiger partial charge >= 0.3 is 5.97 Å². The Morgan fingerprint density at radius 3 is 1.62 bits per heavy atom. The molecule has 0 atom stereocenters. The summed E-state index contributed by atoms with van der Waals surface area (Å²) in [5.41, 5.74) is 0. The third-order valence-corrected chi connectivity index (χ3v) is 3.68. The van der Waals surface area contributed by atoms with Crippen molar-refractivity contribution in [2.24, 2.45) is 0 Å². The third kappa shape index (κ3) is 15.3. The van der Waals surface area contributed by atoms with E-state index in [9.17, 15) is 9.59 Å². The number of Topliss-reactive ketones (excluding diaryl/α,β-unsaturated/α-hetero) is 1. The number of ketones is 1. The van der Waals surface area contributed by atoms with E-state index in [1.165, 1.54) is 7.11 Å². The molecule has 0 spiro atoms. The van der Waals surface area contributed by atoms with Crippen molar-refractivity contribution in [1.29, 1.82) is 0 Å². The third-order valence-electron chi connectivity index (χ3n) is 3.68. The fourth-order valence-corrected chi connectivity index (χ4v) is 2.31. The second kappa shape index (κ2) is 15.5. The van der Waals surface area contributed by atoms with E-state index in [0.717, 1.165) is 64.2 Å². The smallest absolute Gasteiger partial charge is 0.305 e. The number of esters is 1. The van der Waals surface area contributed by atoms with Crippen LogP contribution >= 0.6 is 0 Å². The molecule has 0 rings (SSSR count). The molecule has 21 heavy (non-hydrogen) atoms. The minimum Gasteiger partial charge on any atom is -0.469 e. The molecule has 0 saturated heterocycles. The Labute approximate surface area is 129 Å². The number of methoxy groups -OCH3 is 1. The van der Waals surface area contributed by atoms with Crippen LogP contribution in [0.3, 0.4) is 0 Å². The molecule has 4 nitrogen and oxygen atoms in total. The second-order valence-electron chi connectivity index (χ2n) is 5.62. The fraction of sp³-hybridized carbons (Fsp3) is 0.882. The largest absolute Gasteiger partial charge is 0.469 e. The summed E-state index contributed by atoms with van der Waals surface area (Å²) in [7, 11) is 1.42. The van der Waals surface area contributed by atoms with E-state index in [-0.39, 0.29) is 12.6 Å². The fourth-order valence-electron chi connectivity index (χ4n) is 2.31. The maximum absolute atomic E-state index is 11.6. The summed E-state index contributed by atoms with van der Waals surface area (Å²) >= 11 is 0. The minimum atomic E-state index is -0.135. The molecule has 0 fully saturated rings. The first-order chi connectivity index (χ1) is 10.2. The monoisotopic (exact) mass is 300 g/mol. The minimum absolute atomic E-state index is 0.135. The van der Waals surface area contributed by atoms with E-state index >= 15 is 0 Å². The average Bonchev–Trinajstić information content (AvgIpc) is 2.49. The summed E-state index contributed by atoms with van der Waals surface area (Å²) in [4.78, 5) is 22.5. The van der Waals surface area contributed by atoms with Gasteiger partial charge in [0.25, 0.3) is 0 Å². The number of aliphatic hydroxyl groups excluding tert-OH is 1. The lowest BCUT2D eigenvalue weighted by Crippen LogP contribution is -1.99. The van der Waals surface area contributed by atoms with Crippen molar-refractivity contribution in [2.75, 3.05) is 13.7 Å². The lowest BCUT2D eigenvalue weighted by Gasteiger charge is -2.03. The molecule has 1 N–H and O–H groups in total. The molecule has 0 unspecified atom stereocenters. The van der Waals surface area contributed by atoms with Gasteiger partial charge in [0.05, 0.1) is 7.11 Å². The Balaban J connectivity index is 3.21. The van der Waals surface area contributed by atoms with Gasteiger partial charge in [0.15, 0.2) is 0 Å². The Kier molecular flexibility index (Phi) is 14.8. The van der Waals surface area contributed by atoms with Gasteiger partial charge in [-0.05, 0) is 25.7 Å². The van der Waals surface area contributed by atoms with E-state index in [0.29, 0.717) is 25.0 Å². The van der Waals surface area contributed by atoms with Crippen molar-refractivity contribution in [1.82, 2.24) is 0 Å². The van der Waals surface area contributed by atoms with Gasteiger partial charge in [-0.2, -0.15) is 0 Å². The van der Waals surface area contributed by atoms with Gasteiger partial charge in [0.1, 0.15) is 5.78 Å². The Morgan fingerprint density at radius 1 is 0.714 bits per heavy atom. The Hall–Kier alpha value is -0.900. The molecule has 0 aliphatic heterocycles. The lowest BCUT2D eigenvalue weighted by atomic mass is 10.0. The summed E-state index contributed by atoms with van der Waals surface area (Å²) in [6, 6.07) is 0. The van der Waals surface area contributed by atoms with Crippen LogP contribution < -0.4 is 0 Å². The zero-order chi connectivity index (χ0) is 15.8. The number of carbonyl (C=O) groups excluding carboxylic acids is 2. The molecule has 0 bridgehead atoms. The molecular weight excluding hydrogens is 268 g/mol. The van der Waals surface area contributed by atoms with E-state index in [4.69, 9.17) is 5.11 Å². The van der Waals surface area contributed by atoms with Gasteiger partial charge in [-0.1, -0.05) is 38.5 Å². The number of aliphatic hydroxyl groups is 1. The van der Waals surface area contributed by atoms with Gasteiger partial charge in [-0.15, -0.1) is 0 Å². The lowest BCUT2D eigenvalue weighted by molar-refractivity contribution is -0.140. The molecule has 0 saturated carbocycles. The van der Waals surface area contributed by atoms with Crippen molar-refractivity contribution in [3.8, 4) is 0 Å². The van der Waals surface area contributed by atoms with Crippen LogP contribution in [-0.4, -0.2) is 30.6 Å². The zero-order valence-corrected chi connectivity index (χ0v) is 13.6. The highest BCUT2D eigenvalue weighted by atomic mass is 16.5. The van der Waals surface area contributed by atoms with Crippen LogP contribution in [0.2, 0.25) is 0 Å². The van der Waals surface area contributed by atoms with Gasteiger partial charge in [-0.3, -0.25) is 9.59 Å². The van der Waals surface area contributed by atoms with Gasteiger partial charge in [-0.25, -0.2) is 0 Å². The normalized spacial score (nSPS) is 10.6. The summed E-state index contributed by atoms with van der Waals surface area (Å²) in [5.74, 6) is 0.246. The number of ether oxygens (including phenoxy) is 1. The molecule has 0 radical (unpaired) electrons. The van der Waals surface area contributed by atoms with E-state index in [1.807, 2.05) is 0 Å². The molecule has 0 aliphatic rings. The maximum Gasteiger partial charge on any atom is 0.305 e. The molecular formula is C17H32O4. The van der Waals surface area contributed by atoms with Crippen molar-refractivity contribution < 1.29 is 19.4 Å². The second-order valence-corrected chi connectivity index (χ2v) is 5.62. The van der Waals surface area contributed by atoms with Crippen molar-refractivity contribution in [2.45, 2.75) is 83.5 Å². The van der Waals surface area contributed by atoms with Gasteiger partial charge in [0.2, 0.25) is 0 Å². The quantitative estimate of drug-likeness (QED) is 0.369. The van der Waals surface area contributed by atoms with Gasteiger partial charge in [0, 0.05) is 25.9 Å². The highest BCUT2D eigenvalue weighted by Crippen LogP contribution is 2.11. The Morgan fingerprint density at radius 2 is 1.14 bits per heavy atom. The summed E-state index contributed by atoms with van der Waals surface area (Å²) in [6.45, 7) is 0.276. The molecule has 0 heterocycles. The van der Waals surface area contributed by atoms with E-state index < -0.39 is 0 Å². The summed E-state index contributed by atoms with van der Waals surface area (Å²) in [6.07, 6.45) is 12.1. The first-order valence-corrected chi connectivity index (χ1v) is 8.40. The van der Waals surface area contributed by atoms with Gasteiger partial charge < -0.3 is 9.84 Å². The standard InChI is InChI=1S/C17H32O4/c1-21-17(20)14-10-6-2-4-8-12-16(19)13-9-5-3-7-11-15-18/h18H,2-15H2,1H3. The van der Waals surface area contributed by atoms with E-state index in [1.54, 1.807) is 0 Å². The number of hydrogen-bond donors (Lipinski definition) is 1. The predicted octanol–water partition coefficient (Wildman–Crippen LogP) is 3.79. The molecule has 0 aromatic carbocycles. The molecule has 0 aromatic rings. The number of rotatable bonds is 15. The van der Waals surface area contributed by atoms with Crippen LogP contribution in [0, 0.1) is 0 Å². The first kappa shape index (κ1) is 20.1. The van der Waals surface area contributed by atoms with Crippen molar-refractivity contribution in [3.63, 3.8) is 0 Å². The predicted molar refractivity (Wildman–Crippen MR) is 84.1 cm³/mol. The van der Waals surface area contributed by atoms with Crippen LogP contribution in [0.1, 0.15) is 83.5 Å². The van der Waals surface area contributed by atoms with Crippen LogP contribution in [0.5, 0.6) is 0 Å². The zero-order valence-electron chi connectivity index (χ0n) is 13.6.